The first-order valence-electron chi connectivity index (χ1n) is 7.68. The zero-order valence-corrected chi connectivity index (χ0v) is 14.0. The van der Waals surface area contributed by atoms with E-state index in [1.807, 2.05) is 0 Å². The number of nitrogens with one attached hydrogen (secondary N) is 1. The van der Waals surface area contributed by atoms with Crippen molar-refractivity contribution in [2.45, 2.75) is 32.9 Å². The van der Waals surface area contributed by atoms with E-state index in [9.17, 15) is 19.2 Å². The van der Waals surface area contributed by atoms with E-state index >= 15 is 0 Å². The van der Waals surface area contributed by atoms with E-state index in [4.69, 9.17) is 14.9 Å². The van der Waals surface area contributed by atoms with E-state index < -0.39 is 48.1 Å². The second-order valence-corrected chi connectivity index (χ2v) is 5.83. The predicted octanol–water partition coefficient (Wildman–Crippen LogP) is 1.68. The van der Waals surface area contributed by atoms with Crippen molar-refractivity contribution in [2.75, 3.05) is 0 Å². The van der Waals surface area contributed by atoms with Crippen molar-refractivity contribution in [3.8, 4) is 0 Å². The summed E-state index contributed by atoms with van der Waals surface area (Å²) in [5.41, 5.74) is 0.714. The summed E-state index contributed by atoms with van der Waals surface area (Å²) in [5.74, 6) is -5.36. The van der Waals surface area contributed by atoms with Gasteiger partial charge in [0.25, 0.3) is 0 Å². The third kappa shape index (κ3) is 6.62. The van der Waals surface area contributed by atoms with Crippen molar-refractivity contribution in [1.82, 2.24) is 5.32 Å². The number of carbonyl (C=O) groups is 4. The molecule has 0 heterocycles. The fourth-order valence-electron chi connectivity index (χ4n) is 2.23. The Morgan fingerprint density at radius 2 is 1.64 bits per heavy atom. The van der Waals surface area contributed by atoms with E-state index in [1.165, 1.54) is 0 Å². The molecule has 0 aliphatic heterocycles. The van der Waals surface area contributed by atoms with Crippen molar-refractivity contribution in [3.05, 3.63) is 35.9 Å². The molecule has 1 amide bonds. The summed E-state index contributed by atoms with van der Waals surface area (Å²) in [5, 5.41) is 20.3. The summed E-state index contributed by atoms with van der Waals surface area (Å²) in [6.07, 6.45) is -1.63. The predicted molar refractivity (Wildman–Crippen MR) is 86.8 cm³/mol. The molecule has 0 aromatic heterocycles. The minimum absolute atomic E-state index is 0.0588. The average molecular weight is 351 g/mol. The number of alkyl carbamates (subject to hydrolysis) is 1. The number of carboxylic acids is 2. The van der Waals surface area contributed by atoms with Crippen LogP contribution in [0.25, 0.3) is 0 Å². The minimum atomic E-state index is -1.56. The van der Waals surface area contributed by atoms with Crippen LogP contribution < -0.4 is 5.32 Å². The van der Waals surface area contributed by atoms with Crippen molar-refractivity contribution in [2.24, 2.45) is 11.8 Å². The summed E-state index contributed by atoms with van der Waals surface area (Å²) in [6, 6.07) is 7.21. The Hall–Kier alpha value is -2.90. The maximum absolute atomic E-state index is 12.1. The zero-order chi connectivity index (χ0) is 19.0. The van der Waals surface area contributed by atoms with Crippen molar-refractivity contribution < 1.29 is 34.1 Å². The highest BCUT2D eigenvalue weighted by Gasteiger charge is 2.33. The first-order chi connectivity index (χ1) is 11.7. The molecule has 1 rings (SSSR count). The summed E-state index contributed by atoms with van der Waals surface area (Å²) >= 11 is 0. The Balaban J connectivity index is 2.64. The molecule has 1 aromatic rings. The lowest BCUT2D eigenvalue weighted by atomic mass is 9.88. The molecule has 0 aliphatic carbocycles. The molecule has 2 atom stereocenters. The molecule has 136 valence electrons. The number of hydrogen-bond donors (Lipinski definition) is 3. The Morgan fingerprint density at radius 3 is 2.12 bits per heavy atom. The summed E-state index contributed by atoms with van der Waals surface area (Å²) in [6.45, 7) is 3.04. The lowest BCUT2D eigenvalue weighted by Crippen LogP contribution is -2.44. The van der Waals surface area contributed by atoms with E-state index in [1.54, 1.807) is 44.2 Å². The number of ether oxygens (including phenoxy) is 1. The van der Waals surface area contributed by atoms with Gasteiger partial charge in [0, 0.05) is 6.42 Å². The zero-order valence-electron chi connectivity index (χ0n) is 14.0. The molecule has 0 fully saturated rings. The fourth-order valence-corrected chi connectivity index (χ4v) is 2.23. The van der Waals surface area contributed by atoms with Gasteiger partial charge in [0.15, 0.2) is 0 Å². The first kappa shape index (κ1) is 20.1. The number of ketones is 1. The molecule has 0 radical (unpaired) electrons. The normalized spacial score (nSPS) is 12.9. The molecular weight excluding hydrogens is 330 g/mol. The van der Waals surface area contributed by atoms with Gasteiger partial charge in [-0.15, -0.1) is 0 Å². The van der Waals surface area contributed by atoms with Crippen LogP contribution in [-0.4, -0.2) is 40.1 Å². The van der Waals surface area contributed by atoms with Gasteiger partial charge in [0.2, 0.25) is 0 Å². The number of Topliss-reactive ketones (excluding diaryl/α,β-unsaturated/α-hetero) is 1. The van der Waals surface area contributed by atoms with Crippen LogP contribution in [0, 0.1) is 11.8 Å². The molecule has 25 heavy (non-hydrogen) atoms. The van der Waals surface area contributed by atoms with Gasteiger partial charge in [0.1, 0.15) is 24.3 Å². The lowest BCUT2D eigenvalue weighted by Gasteiger charge is -2.18. The summed E-state index contributed by atoms with van der Waals surface area (Å²) < 4.78 is 4.90. The molecule has 0 saturated carbocycles. The third-order valence-electron chi connectivity index (χ3n) is 3.49. The van der Waals surface area contributed by atoms with Gasteiger partial charge in [0.05, 0.1) is 0 Å². The van der Waals surface area contributed by atoms with Gasteiger partial charge >= 0.3 is 18.0 Å². The van der Waals surface area contributed by atoms with Gasteiger partial charge in [-0.1, -0.05) is 44.2 Å². The molecule has 3 N–H and O–H groups in total. The number of carboxylic acid groups (broad SMARTS) is 2. The molecule has 1 aromatic carbocycles. The smallest absolute Gasteiger partial charge is 0.408 e. The standard InChI is InChI=1S/C17H21NO7/c1-10(2)14(16(22)23)13(19)8-12(15(20)21)18-17(24)25-9-11-6-4-3-5-7-11/h3-7,10,12,14H,8-9H2,1-2H3,(H,18,24)(H,20,21)(H,22,23)/t12?,14-/m0/s1. The van der Waals surface area contributed by atoms with Gasteiger partial charge < -0.3 is 20.3 Å². The lowest BCUT2D eigenvalue weighted by molar-refractivity contribution is -0.150. The molecular formula is C17H21NO7. The molecule has 0 saturated heterocycles. The second kappa shape index (κ2) is 9.41. The van der Waals surface area contributed by atoms with Gasteiger partial charge in [-0.3, -0.25) is 9.59 Å². The highest BCUT2D eigenvalue weighted by Crippen LogP contribution is 2.15. The quantitative estimate of drug-likeness (QED) is 0.577. The average Bonchev–Trinajstić information content (AvgIpc) is 2.52. The van der Waals surface area contributed by atoms with E-state index in [-0.39, 0.29) is 6.61 Å². The fraction of sp³-hybridized carbons (Fsp3) is 0.412. The first-order valence-corrected chi connectivity index (χ1v) is 7.68. The van der Waals surface area contributed by atoms with Gasteiger partial charge in [-0.25, -0.2) is 9.59 Å². The Morgan fingerprint density at radius 1 is 1.04 bits per heavy atom. The van der Waals surface area contributed by atoms with Crippen LogP contribution in [0.3, 0.4) is 0 Å². The van der Waals surface area contributed by atoms with Crippen LogP contribution in [0.1, 0.15) is 25.8 Å². The molecule has 0 aliphatic rings. The highest BCUT2D eigenvalue weighted by molar-refractivity contribution is 6.00. The summed E-state index contributed by atoms with van der Waals surface area (Å²) in [4.78, 5) is 46.2. The van der Waals surface area contributed by atoms with Gasteiger partial charge in [-0.05, 0) is 11.5 Å². The number of amides is 1. The molecule has 1 unspecified atom stereocenters. The van der Waals surface area contributed by atoms with Crippen LogP contribution in [-0.2, 0) is 25.7 Å². The maximum atomic E-state index is 12.1. The van der Waals surface area contributed by atoms with Gasteiger partial charge in [-0.2, -0.15) is 0 Å². The largest absolute Gasteiger partial charge is 0.481 e. The van der Waals surface area contributed by atoms with E-state index in [2.05, 4.69) is 5.32 Å². The topological polar surface area (TPSA) is 130 Å². The van der Waals surface area contributed by atoms with Crippen LogP contribution >= 0.6 is 0 Å². The molecule has 0 spiro atoms. The van der Waals surface area contributed by atoms with Crippen molar-refractivity contribution in [1.29, 1.82) is 0 Å². The Labute approximate surface area is 144 Å². The number of hydrogen-bond acceptors (Lipinski definition) is 5. The molecule has 0 bridgehead atoms. The second-order valence-electron chi connectivity index (χ2n) is 5.83. The number of aliphatic carboxylic acids is 2. The third-order valence-corrected chi connectivity index (χ3v) is 3.49. The number of rotatable bonds is 9. The monoisotopic (exact) mass is 351 g/mol. The minimum Gasteiger partial charge on any atom is -0.481 e. The van der Waals surface area contributed by atoms with Crippen LogP contribution in [0.15, 0.2) is 30.3 Å². The van der Waals surface area contributed by atoms with Crippen LogP contribution in [0.4, 0.5) is 4.79 Å². The van der Waals surface area contributed by atoms with Crippen molar-refractivity contribution >= 4 is 23.8 Å². The van der Waals surface area contributed by atoms with Crippen LogP contribution in [0.2, 0.25) is 0 Å². The Bertz CT molecular complexity index is 627. The number of benzene rings is 1. The molecule has 8 nitrogen and oxygen atoms in total. The summed E-state index contributed by atoms with van der Waals surface area (Å²) in [7, 11) is 0. The van der Waals surface area contributed by atoms with Crippen LogP contribution in [0.5, 0.6) is 0 Å². The number of carbonyl (C=O) groups excluding carboxylic acids is 2. The highest BCUT2D eigenvalue weighted by atomic mass is 16.5. The van der Waals surface area contributed by atoms with E-state index in [0.717, 1.165) is 0 Å². The Kier molecular flexibility index (Phi) is 7.58. The maximum Gasteiger partial charge on any atom is 0.408 e. The SMILES string of the molecule is CC(C)[C@H](C(=O)O)C(=O)CC(NC(=O)OCc1ccccc1)C(=O)O. The molecule has 8 heteroatoms. The van der Waals surface area contributed by atoms with E-state index in [0.29, 0.717) is 5.56 Å². The van der Waals surface area contributed by atoms with Crippen molar-refractivity contribution in [3.63, 3.8) is 0 Å².